The van der Waals surface area contributed by atoms with Crippen LogP contribution in [0.5, 0.6) is 5.88 Å². The molecule has 1 heterocycles. The van der Waals surface area contributed by atoms with Crippen molar-refractivity contribution in [3.8, 4) is 5.88 Å². The van der Waals surface area contributed by atoms with Gasteiger partial charge in [-0.1, -0.05) is 0 Å². The van der Waals surface area contributed by atoms with Crippen LogP contribution in [0.15, 0.2) is 12.3 Å². The first-order chi connectivity index (χ1) is 8.08. The van der Waals surface area contributed by atoms with Crippen LogP contribution in [0.1, 0.15) is 23.2 Å². The van der Waals surface area contributed by atoms with Gasteiger partial charge >= 0.3 is 5.97 Å². The zero-order chi connectivity index (χ0) is 12.4. The molecule has 1 aliphatic carbocycles. The maximum absolute atomic E-state index is 10.9. The van der Waals surface area contributed by atoms with E-state index in [-0.39, 0.29) is 17.1 Å². The first kappa shape index (κ1) is 11.3. The molecule has 7 heteroatoms. The number of hydrogen-bond acceptors (Lipinski definition) is 5. The molecule has 17 heavy (non-hydrogen) atoms. The molecule has 0 amide bonds. The second-order valence-electron chi connectivity index (χ2n) is 3.86. The third-order valence-corrected chi connectivity index (χ3v) is 2.43. The van der Waals surface area contributed by atoms with Crippen LogP contribution in [0.25, 0.3) is 0 Å². The Hall–Kier alpha value is -2.18. The lowest BCUT2D eigenvalue weighted by atomic mass is 10.2. The number of carboxylic acid groups (broad SMARTS) is 1. The highest BCUT2D eigenvalue weighted by atomic mass is 16.6. The van der Waals surface area contributed by atoms with Gasteiger partial charge in [-0.15, -0.1) is 0 Å². The zero-order valence-corrected chi connectivity index (χ0v) is 8.83. The molecule has 0 unspecified atom stereocenters. The summed E-state index contributed by atoms with van der Waals surface area (Å²) in [7, 11) is 0. The second-order valence-corrected chi connectivity index (χ2v) is 3.86. The summed E-state index contributed by atoms with van der Waals surface area (Å²) >= 11 is 0. The van der Waals surface area contributed by atoms with Crippen LogP contribution in [0.3, 0.4) is 0 Å². The van der Waals surface area contributed by atoms with E-state index in [4.69, 9.17) is 9.84 Å². The monoisotopic (exact) mass is 238 g/mol. The number of ether oxygens (including phenoxy) is 1. The standard InChI is InChI=1S/C10H10N2O5/c13-10(14)8-3-7(12(15)16)4-11-9(8)17-5-6-1-2-6/h3-4,6H,1-2,5H2,(H,13,14). The summed E-state index contributed by atoms with van der Waals surface area (Å²) in [5, 5.41) is 19.4. The van der Waals surface area contributed by atoms with Gasteiger partial charge in [0, 0.05) is 6.07 Å². The Morgan fingerprint density at radius 1 is 1.65 bits per heavy atom. The Morgan fingerprint density at radius 3 is 2.88 bits per heavy atom. The average molecular weight is 238 g/mol. The maximum Gasteiger partial charge on any atom is 0.341 e. The van der Waals surface area contributed by atoms with Gasteiger partial charge in [0.15, 0.2) is 0 Å². The lowest BCUT2D eigenvalue weighted by Crippen LogP contribution is -2.08. The van der Waals surface area contributed by atoms with Gasteiger partial charge in [0.05, 0.1) is 11.5 Å². The molecule has 90 valence electrons. The van der Waals surface area contributed by atoms with Crippen LogP contribution >= 0.6 is 0 Å². The summed E-state index contributed by atoms with van der Waals surface area (Å²) < 4.78 is 5.24. The minimum Gasteiger partial charge on any atom is -0.477 e. The molecule has 1 aromatic rings. The van der Waals surface area contributed by atoms with Crippen molar-refractivity contribution in [1.82, 2.24) is 4.98 Å². The van der Waals surface area contributed by atoms with E-state index in [0.29, 0.717) is 12.5 Å². The molecule has 0 aromatic carbocycles. The van der Waals surface area contributed by atoms with E-state index in [0.717, 1.165) is 25.1 Å². The van der Waals surface area contributed by atoms with E-state index >= 15 is 0 Å². The van der Waals surface area contributed by atoms with Gasteiger partial charge in [-0.25, -0.2) is 9.78 Å². The zero-order valence-electron chi connectivity index (χ0n) is 8.83. The predicted molar refractivity (Wildman–Crippen MR) is 56.1 cm³/mol. The van der Waals surface area contributed by atoms with Crippen LogP contribution < -0.4 is 4.74 Å². The summed E-state index contributed by atoms with van der Waals surface area (Å²) in [5.74, 6) is -0.893. The Balaban J connectivity index is 2.23. The van der Waals surface area contributed by atoms with Gasteiger partial charge in [0.2, 0.25) is 5.88 Å². The number of carbonyl (C=O) groups is 1. The molecule has 0 bridgehead atoms. The third-order valence-electron chi connectivity index (χ3n) is 2.43. The van der Waals surface area contributed by atoms with E-state index < -0.39 is 10.9 Å². The van der Waals surface area contributed by atoms with E-state index in [2.05, 4.69) is 4.98 Å². The Bertz CT molecular complexity index is 470. The normalized spacial score (nSPS) is 14.4. The van der Waals surface area contributed by atoms with E-state index in [9.17, 15) is 14.9 Å². The van der Waals surface area contributed by atoms with E-state index in [1.807, 2.05) is 0 Å². The highest BCUT2D eigenvalue weighted by Gasteiger charge is 2.24. The Morgan fingerprint density at radius 2 is 2.35 bits per heavy atom. The summed E-state index contributed by atoms with van der Waals surface area (Å²) in [4.78, 5) is 24.4. The molecule has 0 aliphatic heterocycles. The highest BCUT2D eigenvalue weighted by molar-refractivity contribution is 5.90. The first-order valence-corrected chi connectivity index (χ1v) is 5.08. The third kappa shape index (κ3) is 2.68. The van der Waals surface area contributed by atoms with Crippen molar-refractivity contribution < 1.29 is 19.6 Å². The molecule has 1 saturated carbocycles. The van der Waals surface area contributed by atoms with Crippen molar-refractivity contribution in [1.29, 1.82) is 0 Å². The van der Waals surface area contributed by atoms with Gasteiger partial charge in [0.25, 0.3) is 5.69 Å². The maximum atomic E-state index is 10.9. The molecule has 7 nitrogen and oxygen atoms in total. The quantitative estimate of drug-likeness (QED) is 0.615. The number of pyridine rings is 1. The summed E-state index contributed by atoms with van der Waals surface area (Å²) in [6.45, 7) is 0.408. The van der Waals surface area contributed by atoms with Gasteiger partial charge in [0.1, 0.15) is 11.8 Å². The molecule has 0 atom stereocenters. The van der Waals surface area contributed by atoms with Gasteiger partial charge in [-0.2, -0.15) is 0 Å². The molecular formula is C10H10N2O5. The van der Waals surface area contributed by atoms with Crippen molar-refractivity contribution in [2.24, 2.45) is 5.92 Å². The van der Waals surface area contributed by atoms with Crippen LogP contribution in [0.4, 0.5) is 5.69 Å². The summed E-state index contributed by atoms with van der Waals surface area (Å²) in [6, 6.07) is 0.956. The molecule has 0 spiro atoms. The fourth-order valence-electron chi connectivity index (χ4n) is 1.29. The van der Waals surface area contributed by atoms with Crippen LogP contribution in [-0.4, -0.2) is 27.6 Å². The Kier molecular flexibility index (Phi) is 2.90. The molecule has 1 aliphatic rings. The molecule has 0 radical (unpaired) electrons. The van der Waals surface area contributed by atoms with Crippen molar-refractivity contribution in [2.75, 3.05) is 6.61 Å². The second kappa shape index (κ2) is 4.36. The lowest BCUT2D eigenvalue weighted by Gasteiger charge is -2.06. The van der Waals surface area contributed by atoms with Crippen molar-refractivity contribution >= 4 is 11.7 Å². The van der Waals surface area contributed by atoms with Crippen molar-refractivity contribution in [3.63, 3.8) is 0 Å². The fraction of sp³-hybridized carbons (Fsp3) is 0.400. The van der Waals surface area contributed by atoms with E-state index in [1.165, 1.54) is 0 Å². The SMILES string of the molecule is O=C(O)c1cc([N+](=O)[O-])cnc1OCC1CC1. The first-order valence-electron chi connectivity index (χ1n) is 5.08. The minimum atomic E-state index is -1.29. The lowest BCUT2D eigenvalue weighted by molar-refractivity contribution is -0.385. The number of aromatic carboxylic acids is 1. The van der Waals surface area contributed by atoms with Gasteiger partial charge < -0.3 is 9.84 Å². The fourth-order valence-corrected chi connectivity index (χ4v) is 1.29. The van der Waals surface area contributed by atoms with Gasteiger partial charge in [-0.3, -0.25) is 10.1 Å². The topological polar surface area (TPSA) is 103 Å². The molecule has 2 rings (SSSR count). The number of hydrogen-bond donors (Lipinski definition) is 1. The number of nitrogens with zero attached hydrogens (tertiary/aromatic N) is 2. The molecule has 1 fully saturated rings. The highest BCUT2D eigenvalue weighted by Crippen LogP contribution is 2.30. The van der Waals surface area contributed by atoms with E-state index in [1.54, 1.807) is 0 Å². The molecular weight excluding hydrogens is 228 g/mol. The number of rotatable bonds is 5. The average Bonchev–Trinajstić information content (AvgIpc) is 3.09. The molecule has 1 N–H and O–H groups in total. The van der Waals surface area contributed by atoms with Gasteiger partial charge in [-0.05, 0) is 18.8 Å². The smallest absolute Gasteiger partial charge is 0.341 e. The van der Waals surface area contributed by atoms with Crippen molar-refractivity contribution in [2.45, 2.75) is 12.8 Å². The van der Waals surface area contributed by atoms with Crippen molar-refractivity contribution in [3.05, 3.63) is 27.9 Å². The number of nitro groups is 1. The van der Waals surface area contributed by atoms with Crippen LogP contribution in [0.2, 0.25) is 0 Å². The summed E-state index contributed by atoms with van der Waals surface area (Å²) in [5.41, 5.74) is -0.638. The van der Waals surface area contributed by atoms with Crippen LogP contribution in [0, 0.1) is 16.0 Å². The molecule has 1 aromatic heterocycles. The minimum absolute atomic E-state index is 0.0602. The Labute approximate surface area is 96.2 Å². The number of aromatic nitrogens is 1. The number of carboxylic acids is 1. The largest absolute Gasteiger partial charge is 0.477 e. The predicted octanol–water partition coefficient (Wildman–Crippen LogP) is 1.48. The molecule has 0 saturated heterocycles. The van der Waals surface area contributed by atoms with Crippen LogP contribution in [-0.2, 0) is 0 Å². The summed E-state index contributed by atoms with van der Waals surface area (Å²) in [6.07, 6.45) is 3.12.